The summed E-state index contributed by atoms with van der Waals surface area (Å²) in [5, 5.41) is 3.29. The summed E-state index contributed by atoms with van der Waals surface area (Å²) in [6, 6.07) is 12.4. The maximum Gasteiger partial charge on any atom is 0.134 e. The van der Waals surface area contributed by atoms with Gasteiger partial charge < -0.3 is 10.1 Å². The maximum absolute atomic E-state index is 14.1. The zero-order valence-corrected chi connectivity index (χ0v) is 14.0. The molecule has 1 N–H and O–H groups in total. The van der Waals surface area contributed by atoms with E-state index in [2.05, 4.69) is 21.2 Å². The van der Waals surface area contributed by atoms with Crippen LogP contribution in [0.1, 0.15) is 26.3 Å². The summed E-state index contributed by atoms with van der Waals surface area (Å²) < 4.78 is 20.9. The third kappa shape index (κ3) is 4.83. The largest absolute Gasteiger partial charge is 0.457 e. The van der Waals surface area contributed by atoms with E-state index < -0.39 is 0 Å². The molecule has 0 unspecified atom stereocenters. The predicted molar refractivity (Wildman–Crippen MR) is 87.2 cm³/mol. The smallest absolute Gasteiger partial charge is 0.134 e. The lowest BCUT2D eigenvalue weighted by Crippen LogP contribution is -2.35. The van der Waals surface area contributed by atoms with Crippen LogP contribution in [0.15, 0.2) is 46.9 Å². The first-order valence-corrected chi connectivity index (χ1v) is 7.60. The highest BCUT2D eigenvalue weighted by Gasteiger charge is 2.14. The van der Waals surface area contributed by atoms with Gasteiger partial charge in [-0.25, -0.2) is 4.39 Å². The molecule has 0 saturated carbocycles. The minimum absolute atomic E-state index is 0.0861. The fraction of sp³-hybridized carbons (Fsp3) is 0.294. The monoisotopic (exact) mass is 351 g/mol. The van der Waals surface area contributed by atoms with Crippen LogP contribution in [-0.2, 0) is 6.54 Å². The molecule has 2 aromatic carbocycles. The maximum atomic E-state index is 14.1. The summed E-state index contributed by atoms with van der Waals surface area (Å²) in [5.41, 5.74) is 0.451. The van der Waals surface area contributed by atoms with Gasteiger partial charge in [0.25, 0.3) is 0 Å². The fourth-order valence-electron chi connectivity index (χ4n) is 1.79. The predicted octanol–water partition coefficient (Wildman–Crippen LogP) is 5.27. The molecule has 0 aliphatic carbocycles. The Labute approximate surface area is 133 Å². The van der Waals surface area contributed by atoms with Gasteiger partial charge in [0.2, 0.25) is 0 Å². The Morgan fingerprint density at radius 1 is 1.10 bits per heavy atom. The zero-order chi connectivity index (χ0) is 15.5. The molecule has 0 atom stereocenters. The van der Waals surface area contributed by atoms with Crippen LogP contribution in [0.4, 0.5) is 4.39 Å². The quantitative estimate of drug-likeness (QED) is 0.810. The van der Waals surface area contributed by atoms with E-state index in [1.165, 1.54) is 6.07 Å². The molecule has 0 aliphatic heterocycles. The van der Waals surface area contributed by atoms with Gasteiger partial charge >= 0.3 is 0 Å². The van der Waals surface area contributed by atoms with Crippen LogP contribution in [0.25, 0.3) is 0 Å². The number of rotatable bonds is 4. The molecule has 0 fully saturated rings. The fourth-order valence-corrected chi connectivity index (χ4v) is 2.05. The van der Waals surface area contributed by atoms with E-state index in [0.29, 0.717) is 23.6 Å². The van der Waals surface area contributed by atoms with E-state index in [0.717, 1.165) is 4.47 Å². The zero-order valence-electron chi connectivity index (χ0n) is 12.4. The Balaban J connectivity index is 2.22. The van der Waals surface area contributed by atoms with Crippen molar-refractivity contribution in [1.82, 2.24) is 5.32 Å². The van der Waals surface area contributed by atoms with Crippen LogP contribution >= 0.6 is 15.9 Å². The number of benzene rings is 2. The number of hydrogen-bond acceptors (Lipinski definition) is 2. The number of hydrogen-bond donors (Lipinski definition) is 1. The summed E-state index contributed by atoms with van der Waals surface area (Å²) in [7, 11) is 0. The minimum atomic E-state index is -0.263. The van der Waals surface area contributed by atoms with Crippen molar-refractivity contribution in [3.05, 3.63) is 58.3 Å². The molecular formula is C17H19BrFNO. The van der Waals surface area contributed by atoms with Crippen LogP contribution in [-0.4, -0.2) is 5.54 Å². The van der Waals surface area contributed by atoms with Gasteiger partial charge in [0.05, 0.1) is 0 Å². The van der Waals surface area contributed by atoms with Crippen LogP contribution in [0, 0.1) is 5.82 Å². The molecule has 0 spiro atoms. The minimum Gasteiger partial charge on any atom is -0.457 e. The van der Waals surface area contributed by atoms with Gasteiger partial charge in [0, 0.05) is 22.1 Å². The summed E-state index contributed by atoms with van der Waals surface area (Å²) in [6.45, 7) is 6.55. The molecule has 0 bridgehead atoms. The highest BCUT2D eigenvalue weighted by Crippen LogP contribution is 2.28. The van der Waals surface area contributed by atoms with Crippen LogP contribution in [0.3, 0.4) is 0 Å². The Kier molecular flexibility index (Phi) is 5.01. The Hall–Kier alpha value is -1.39. The van der Waals surface area contributed by atoms with E-state index >= 15 is 0 Å². The normalized spacial score (nSPS) is 11.5. The number of nitrogens with one attached hydrogen (secondary N) is 1. The van der Waals surface area contributed by atoms with Gasteiger partial charge in [0.15, 0.2) is 0 Å². The first-order valence-electron chi connectivity index (χ1n) is 6.81. The first kappa shape index (κ1) is 16.0. The van der Waals surface area contributed by atoms with Gasteiger partial charge in [-0.2, -0.15) is 0 Å². The van der Waals surface area contributed by atoms with Crippen molar-refractivity contribution in [2.75, 3.05) is 0 Å². The van der Waals surface area contributed by atoms with E-state index in [1.54, 1.807) is 12.1 Å². The molecular weight excluding hydrogens is 333 g/mol. The first-order chi connectivity index (χ1) is 9.85. The highest BCUT2D eigenvalue weighted by atomic mass is 79.9. The van der Waals surface area contributed by atoms with Crippen molar-refractivity contribution < 1.29 is 9.13 Å². The molecule has 112 valence electrons. The molecule has 0 radical (unpaired) electrons. The third-order valence-corrected chi connectivity index (χ3v) is 3.44. The van der Waals surface area contributed by atoms with Crippen LogP contribution in [0.5, 0.6) is 11.5 Å². The van der Waals surface area contributed by atoms with Crippen molar-refractivity contribution in [2.24, 2.45) is 0 Å². The number of ether oxygens (including phenoxy) is 1. The van der Waals surface area contributed by atoms with E-state index in [-0.39, 0.29) is 11.4 Å². The van der Waals surface area contributed by atoms with Crippen molar-refractivity contribution in [3.63, 3.8) is 0 Å². The van der Waals surface area contributed by atoms with Gasteiger partial charge in [-0.1, -0.05) is 22.0 Å². The molecule has 4 heteroatoms. The lowest BCUT2D eigenvalue weighted by Gasteiger charge is -2.22. The van der Waals surface area contributed by atoms with Crippen LogP contribution in [0.2, 0.25) is 0 Å². The summed E-state index contributed by atoms with van der Waals surface area (Å²) >= 11 is 3.38. The molecule has 2 aromatic rings. The van der Waals surface area contributed by atoms with Crippen molar-refractivity contribution in [2.45, 2.75) is 32.9 Å². The number of halogens is 2. The van der Waals surface area contributed by atoms with Gasteiger partial charge in [-0.15, -0.1) is 0 Å². The summed E-state index contributed by atoms with van der Waals surface area (Å²) in [5.74, 6) is 0.955. The average molecular weight is 352 g/mol. The molecule has 0 heterocycles. The Morgan fingerprint density at radius 2 is 1.76 bits per heavy atom. The second kappa shape index (κ2) is 6.58. The molecule has 0 saturated heterocycles. The second-order valence-corrected chi connectivity index (χ2v) is 6.79. The van der Waals surface area contributed by atoms with Crippen molar-refractivity contribution in [1.29, 1.82) is 0 Å². The summed E-state index contributed by atoms with van der Waals surface area (Å²) in [6.07, 6.45) is 0. The van der Waals surface area contributed by atoms with E-state index in [9.17, 15) is 4.39 Å². The van der Waals surface area contributed by atoms with Crippen molar-refractivity contribution in [3.8, 4) is 11.5 Å². The van der Waals surface area contributed by atoms with E-state index in [1.807, 2.05) is 45.0 Å². The molecule has 0 aliphatic rings. The second-order valence-electron chi connectivity index (χ2n) is 5.88. The van der Waals surface area contributed by atoms with Gasteiger partial charge in [0.1, 0.15) is 17.3 Å². The topological polar surface area (TPSA) is 21.3 Å². The van der Waals surface area contributed by atoms with Gasteiger partial charge in [-0.05, 0) is 57.2 Å². The lowest BCUT2D eigenvalue weighted by atomic mass is 10.1. The molecule has 0 amide bonds. The third-order valence-electron chi connectivity index (χ3n) is 2.91. The van der Waals surface area contributed by atoms with Crippen LogP contribution < -0.4 is 10.1 Å². The Bertz CT molecular complexity index is 605. The SMILES string of the molecule is CC(C)(C)NCc1c(F)cccc1Oc1ccc(Br)cc1. The van der Waals surface area contributed by atoms with Crippen molar-refractivity contribution >= 4 is 15.9 Å². The highest BCUT2D eigenvalue weighted by molar-refractivity contribution is 9.10. The van der Waals surface area contributed by atoms with Gasteiger partial charge in [-0.3, -0.25) is 0 Å². The lowest BCUT2D eigenvalue weighted by molar-refractivity contribution is 0.406. The standard InChI is InChI=1S/C17H19BrFNO/c1-17(2,3)20-11-14-15(19)5-4-6-16(14)21-13-9-7-12(18)8-10-13/h4-10,20H,11H2,1-3H3. The molecule has 2 rings (SSSR count). The molecule has 2 nitrogen and oxygen atoms in total. The summed E-state index contributed by atoms with van der Waals surface area (Å²) in [4.78, 5) is 0. The molecule has 0 aromatic heterocycles. The van der Waals surface area contributed by atoms with E-state index in [4.69, 9.17) is 4.74 Å². The molecule has 21 heavy (non-hydrogen) atoms. The Morgan fingerprint density at radius 3 is 2.38 bits per heavy atom. The average Bonchev–Trinajstić information content (AvgIpc) is 2.39.